The van der Waals surface area contributed by atoms with Crippen LogP contribution in [0, 0.1) is 12.3 Å². The van der Waals surface area contributed by atoms with Crippen molar-refractivity contribution in [1.82, 2.24) is 5.32 Å². The lowest BCUT2D eigenvalue weighted by atomic mass is 10.1. The zero-order valence-electron chi connectivity index (χ0n) is 7.50. The van der Waals surface area contributed by atoms with Crippen LogP contribution in [0.3, 0.4) is 0 Å². The zero-order valence-corrected chi connectivity index (χ0v) is 7.50. The van der Waals surface area contributed by atoms with E-state index in [2.05, 4.69) is 11.2 Å². The lowest BCUT2D eigenvalue weighted by Crippen LogP contribution is -2.40. The average molecular weight is 169 g/mol. The van der Waals surface area contributed by atoms with Gasteiger partial charge in [0, 0.05) is 0 Å². The Morgan fingerprint density at radius 3 is 2.67 bits per heavy atom. The zero-order chi connectivity index (χ0) is 9.56. The van der Waals surface area contributed by atoms with Crippen LogP contribution in [0.5, 0.6) is 0 Å². The third-order valence-corrected chi connectivity index (χ3v) is 1.60. The summed E-state index contributed by atoms with van der Waals surface area (Å²) in [6, 6.07) is -0.696. The quantitative estimate of drug-likeness (QED) is 0.600. The average Bonchev–Trinajstić information content (AvgIpc) is 2.03. The van der Waals surface area contributed by atoms with E-state index in [1.54, 1.807) is 6.92 Å². The Morgan fingerprint density at radius 2 is 2.33 bits per heavy atom. The Hall–Kier alpha value is -1.01. The van der Waals surface area contributed by atoms with Crippen molar-refractivity contribution < 1.29 is 9.90 Å². The van der Waals surface area contributed by atoms with Crippen molar-refractivity contribution in [3.8, 4) is 12.3 Å². The molecule has 0 aromatic heterocycles. The van der Waals surface area contributed by atoms with Gasteiger partial charge in [0.2, 0.25) is 0 Å². The Morgan fingerprint density at radius 1 is 1.75 bits per heavy atom. The molecule has 0 aromatic rings. The first-order valence-corrected chi connectivity index (χ1v) is 4.06. The Kier molecular flexibility index (Phi) is 5.14. The van der Waals surface area contributed by atoms with Crippen LogP contribution in [-0.2, 0) is 4.79 Å². The van der Waals surface area contributed by atoms with Gasteiger partial charge < -0.3 is 5.11 Å². The predicted molar refractivity (Wildman–Crippen MR) is 47.8 cm³/mol. The van der Waals surface area contributed by atoms with E-state index in [-0.39, 0.29) is 6.04 Å². The summed E-state index contributed by atoms with van der Waals surface area (Å²) >= 11 is 0. The third-order valence-electron chi connectivity index (χ3n) is 1.60. The summed E-state index contributed by atoms with van der Waals surface area (Å²) in [7, 11) is 0. The van der Waals surface area contributed by atoms with Crippen LogP contribution >= 0.6 is 0 Å². The van der Waals surface area contributed by atoms with Gasteiger partial charge in [-0.25, -0.2) is 0 Å². The van der Waals surface area contributed by atoms with E-state index in [4.69, 9.17) is 11.5 Å². The van der Waals surface area contributed by atoms with E-state index in [0.29, 0.717) is 0 Å². The van der Waals surface area contributed by atoms with E-state index in [9.17, 15) is 4.79 Å². The fraction of sp³-hybridized carbons (Fsp3) is 0.667. The second kappa shape index (κ2) is 5.62. The topological polar surface area (TPSA) is 49.3 Å². The smallest absolute Gasteiger partial charge is 0.320 e. The van der Waals surface area contributed by atoms with Crippen LogP contribution in [0.2, 0.25) is 0 Å². The number of terminal acetylenes is 1. The Bertz CT molecular complexity index is 183. The maximum absolute atomic E-state index is 10.4. The van der Waals surface area contributed by atoms with Crippen molar-refractivity contribution in [2.75, 3.05) is 0 Å². The molecule has 12 heavy (non-hydrogen) atoms. The van der Waals surface area contributed by atoms with E-state index in [1.165, 1.54) is 0 Å². The summed E-state index contributed by atoms with van der Waals surface area (Å²) in [6.07, 6.45) is 6.97. The fourth-order valence-electron chi connectivity index (χ4n) is 0.877. The summed E-state index contributed by atoms with van der Waals surface area (Å²) in [5.41, 5.74) is 0. The SMILES string of the molecule is C#CC(CCC)NC(C)C(=O)O. The molecule has 0 heterocycles. The Labute approximate surface area is 73.2 Å². The lowest BCUT2D eigenvalue weighted by Gasteiger charge is -2.14. The van der Waals surface area contributed by atoms with E-state index in [1.807, 2.05) is 6.92 Å². The molecule has 3 nitrogen and oxygen atoms in total. The number of carboxylic acid groups (broad SMARTS) is 1. The first kappa shape index (κ1) is 11.0. The molecule has 0 spiro atoms. The predicted octanol–water partition coefficient (Wildman–Crippen LogP) is 0.851. The molecule has 68 valence electrons. The van der Waals surface area contributed by atoms with Gasteiger partial charge in [-0.2, -0.15) is 0 Å². The van der Waals surface area contributed by atoms with E-state index < -0.39 is 12.0 Å². The minimum Gasteiger partial charge on any atom is -0.480 e. The summed E-state index contributed by atoms with van der Waals surface area (Å²) in [5, 5.41) is 11.4. The largest absolute Gasteiger partial charge is 0.480 e. The number of rotatable bonds is 5. The number of carboxylic acids is 1. The standard InChI is InChI=1S/C9H15NO2/c1-4-6-8(5-2)10-7(3)9(11)12/h2,7-8,10H,4,6H2,1,3H3,(H,11,12). The molecule has 0 aromatic carbocycles. The van der Waals surface area contributed by atoms with E-state index in [0.717, 1.165) is 12.8 Å². The maximum Gasteiger partial charge on any atom is 0.320 e. The lowest BCUT2D eigenvalue weighted by molar-refractivity contribution is -0.139. The van der Waals surface area contributed by atoms with Crippen LogP contribution in [-0.4, -0.2) is 23.2 Å². The highest BCUT2D eigenvalue weighted by atomic mass is 16.4. The van der Waals surface area contributed by atoms with Crippen LogP contribution in [0.25, 0.3) is 0 Å². The molecule has 0 aliphatic rings. The highest BCUT2D eigenvalue weighted by Gasteiger charge is 2.13. The molecule has 2 unspecified atom stereocenters. The van der Waals surface area contributed by atoms with Gasteiger partial charge in [0.25, 0.3) is 0 Å². The molecule has 2 atom stereocenters. The number of hydrogen-bond donors (Lipinski definition) is 2. The highest BCUT2D eigenvalue weighted by molar-refractivity contribution is 5.72. The van der Waals surface area contributed by atoms with Crippen molar-refractivity contribution in [2.45, 2.75) is 38.8 Å². The maximum atomic E-state index is 10.4. The van der Waals surface area contributed by atoms with Crippen molar-refractivity contribution in [1.29, 1.82) is 0 Å². The molecular formula is C9H15NO2. The summed E-state index contributed by atoms with van der Waals surface area (Å²) in [5.74, 6) is 1.65. The number of hydrogen-bond acceptors (Lipinski definition) is 2. The van der Waals surface area contributed by atoms with Crippen molar-refractivity contribution in [3.63, 3.8) is 0 Å². The summed E-state index contributed by atoms with van der Waals surface area (Å²) in [6.45, 7) is 3.60. The molecule has 3 heteroatoms. The van der Waals surface area contributed by atoms with E-state index >= 15 is 0 Å². The molecule has 0 aliphatic carbocycles. The molecular weight excluding hydrogens is 154 g/mol. The van der Waals surface area contributed by atoms with Gasteiger partial charge in [-0.15, -0.1) is 6.42 Å². The first-order chi connectivity index (χ1) is 5.61. The molecule has 0 fully saturated rings. The van der Waals surface area contributed by atoms with Gasteiger partial charge in [-0.05, 0) is 13.3 Å². The third kappa shape index (κ3) is 3.99. The number of carbonyl (C=O) groups is 1. The van der Waals surface area contributed by atoms with Crippen LogP contribution < -0.4 is 5.32 Å². The molecule has 0 bridgehead atoms. The number of nitrogens with one attached hydrogen (secondary N) is 1. The monoisotopic (exact) mass is 169 g/mol. The van der Waals surface area contributed by atoms with Gasteiger partial charge in [0.15, 0.2) is 0 Å². The van der Waals surface area contributed by atoms with Gasteiger partial charge in [-0.3, -0.25) is 10.1 Å². The van der Waals surface area contributed by atoms with Gasteiger partial charge in [0.05, 0.1) is 6.04 Å². The molecule has 0 aliphatic heterocycles. The number of aliphatic carboxylic acids is 1. The van der Waals surface area contributed by atoms with Gasteiger partial charge >= 0.3 is 5.97 Å². The normalized spacial score (nSPS) is 14.8. The summed E-state index contributed by atoms with van der Waals surface area (Å²) in [4.78, 5) is 10.4. The van der Waals surface area contributed by atoms with Crippen LogP contribution in [0.4, 0.5) is 0 Å². The summed E-state index contributed by atoms with van der Waals surface area (Å²) < 4.78 is 0. The molecule has 0 saturated carbocycles. The molecule has 0 saturated heterocycles. The minimum absolute atomic E-state index is 0.124. The first-order valence-electron chi connectivity index (χ1n) is 4.06. The molecule has 0 radical (unpaired) electrons. The van der Waals surface area contributed by atoms with Gasteiger partial charge in [-0.1, -0.05) is 19.3 Å². The van der Waals surface area contributed by atoms with Crippen molar-refractivity contribution in [3.05, 3.63) is 0 Å². The van der Waals surface area contributed by atoms with Crippen molar-refractivity contribution >= 4 is 5.97 Å². The molecule has 2 N–H and O–H groups in total. The second-order valence-corrected chi connectivity index (χ2v) is 2.73. The Balaban J connectivity index is 3.87. The van der Waals surface area contributed by atoms with Gasteiger partial charge in [0.1, 0.15) is 6.04 Å². The highest BCUT2D eigenvalue weighted by Crippen LogP contribution is 1.96. The fourth-order valence-corrected chi connectivity index (χ4v) is 0.877. The van der Waals surface area contributed by atoms with Crippen molar-refractivity contribution in [2.24, 2.45) is 0 Å². The molecule has 0 amide bonds. The second-order valence-electron chi connectivity index (χ2n) is 2.73. The van der Waals surface area contributed by atoms with Crippen LogP contribution in [0.15, 0.2) is 0 Å². The minimum atomic E-state index is -0.869. The van der Waals surface area contributed by atoms with Crippen LogP contribution in [0.1, 0.15) is 26.7 Å². The molecule has 0 rings (SSSR count).